The maximum atomic E-state index is 11.7. The molecule has 0 saturated heterocycles. The lowest BCUT2D eigenvalue weighted by atomic mass is 10.4. The zero-order valence-corrected chi connectivity index (χ0v) is 11.8. The highest BCUT2D eigenvalue weighted by atomic mass is 32.1. The Morgan fingerprint density at radius 1 is 1.50 bits per heavy atom. The van der Waals surface area contributed by atoms with Crippen LogP contribution in [0.4, 0.5) is 0 Å². The maximum Gasteiger partial charge on any atom is 0.294 e. The highest BCUT2D eigenvalue weighted by Crippen LogP contribution is 2.11. The van der Waals surface area contributed by atoms with Crippen LogP contribution in [-0.2, 0) is 6.54 Å². The molecule has 0 spiro atoms. The summed E-state index contributed by atoms with van der Waals surface area (Å²) in [6.45, 7) is 0.384. The number of thiazole rings is 1. The fraction of sp³-hybridized carbons (Fsp3) is 0.273. The van der Waals surface area contributed by atoms with Gasteiger partial charge in [0.2, 0.25) is 0 Å². The van der Waals surface area contributed by atoms with Gasteiger partial charge in [-0.2, -0.15) is 5.10 Å². The average molecular weight is 294 g/mol. The van der Waals surface area contributed by atoms with Crippen LogP contribution >= 0.6 is 11.3 Å². The van der Waals surface area contributed by atoms with Gasteiger partial charge in [-0.3, -0.25) is 19.7 Å². The largest absolute Gasteiger partial charge is 0.343 e. The Morgan fingerprint density at radius 3 is 2.90 bits per heavy atom. The van der Waals surface area contributed by atoms with E-state index in [0.29, 0.717) is 22.9 Å². The second-order valence-corrected chi connectivity index (χ2v) is 5.07. The van der Waals surface area contributed by atoms with E-state index in [0.717, 1.165) is 0 Å². The molecule has 2 heterocycles. The van der Waals surface area contributed by atoms with E-state index in [1.807, 2.05) is 5.43 Å². The van der Waals surface area contributed by atoms with Crippen molar-refractivity contribution in [3.63, 3.8) is 0 Å². The van der Waals surface area contributed by atoms with E-state index in [9.17, 15) is 9.59 Å². The normalized spacial score (nSPS) is 10.3. The lowest BCUT2D eigenvalue weighted by molar-refractivity contribution is 0.0820. The maximum absolute atomic E-state index is 11.7. The van der Waals surface area contributed by atoms with Crippen LogP contribution < -0.4 is 11.3 Å². The number of amides is 2. The number of nitrogen functional groups attached to an aromatic ring is 1. The number of nitrogens with two attached hydrogens (primary N) is 1. The topological polar surface area (TPSA) is 106 Å². The Morgan fingerprint density at radius 2 is 2.25 bits per heavy atom. The minimum Gasteiger partial charge on any atom is -0.343 e. The molecule has 2 aromatic heterocycles. The van der Waals surface area contributed by atoms with Crippen LogP contribution in [0.2, 0.25) is 0 Å². The minimum atomic E-state index is -0.426. The predicted octanol–water partition coefficient (Wildman–Crippen LogP) is -0.307. The summed E-state index contributed by atoms with van der Waals surface area (Å²) < 4.78 is 1.59. The van der Waals surface area contributed by atoms with Crippen molar-refractivity contribution in [2.75, 3.05) is 14.1 Å². The molecule has 0 aliphatic heterocycles. The third kappa shape index (κ3) is 3.00. The molecular weight excluding hydrogens is 280 g/mol. The molecule has 2 amide bonds. The second kappa shape index (κ2) is 5.80. The van der Waals surface area contributed by atoms with E-state index in [2.05, 4.69) is 10.1 Å². The Kier molecular flexibility index (Phi) is 4.11. The molecule has 3 N–H and O–H groups in total. The van der Waals surface area contributed by atoms with Crippen molar-refractivity contribution in [3.8, 4) is 0 Å². The molecule has 0 aliphatic rings. The van der Waals surface area contributed by atoms with Crippen LogP contribution in [0.25, 0.3) is 0 Å². The summed E-state index contributed by atoms with van der Waals surface area (Å²) in [5.74, 6) is 4.45. The molecule has 2 rings (SSSR count). The molecule has 8 nitrogen and oxygen atoms in total. The molecule has 20 heavy (non-hydrogen) atoms. The summed E-state index contributed by atoms with van der Waals surface area (Å²) in [5, 5.41) is 6.21. The summed E-state index contributed by atoms with van der Waals surface area (Å²) in [7, 11) is 3.33. The zero-order chi connectivity index (χ0) is 14.7. The van der Waals surface area contributed by atoms with E-state index < -0.39 is 5.91 Å². The Hall–Kier alpha value is -2.26. The van der Waals surface area contributed by atoms with Crippen molar-refractivity contribution < 1.29 is 9.59 Å². The highest BCUT2D eigenvalue weighted by molar-refractivity contribution is 7.11. The molecule has 2 aromatic rings. The van der Waals surface area contributed by atoms with Crippen LogP contribution in [0.1, 0.15) is 26.0 Å². The summed E-state index contributed by atoms with van der Waals surface area (Å²) >= 11 is 1.20. The van der Waals surface area contributed by atoms with Crippen LogP contribution in [-0.4, -0.2) is 45.6 Å². The van der Waals surface area contributed by atoms with Gasteiger partial charge in [0.15, 0.2) is 5.01 Å². The Bertz CT molecular complexity index is 632. The Labute approximate surface area is 119 Å². The van der Waals surface area contributed by atoms with Gasteiger partial charge in [-0.1, -0.05) is 0 Å². The Balaban J connectivity index is 2.09. The number of aromatic nitrogens is 3. The molecule has 0 fully saturated rings. The van der Waals surface area contributed by atoms with Crippen molar-refractivity contribution in [1.82, 2.24) is 25.1 Å². The molecule has 9 heteroatoms. The van der Waals surface area contributed by atoms with E-state index in [4.69, 9.17) is 5.84 Å². The summed E-state index contributed by atoms with van der Waals surface area (Å²) in [5.41, 5.74) is 3.07. The molecule has 0 aliphatic carbocycles. The first kappa shape index (κ1) is 14.2. The van der Waals surface area contributed by atoms with Gasteiger partial charge in [0.25, 0.3) is 11.8 Å². The molecule has 0 saturated carbocycles. The van der Waals surface area contributed by atoms with E-state index in [1.165, 1.54) is 16.2 Å². The predicted molar refractivity (Wildman–Crippen MR) is 73.1 cm³/mol. The first-order valence-electron chi connectivity index (χ1n) is 5.71. The van der Waals surface area contributed by atoms with Crippen molar-refractivity contribution >= 4 is 23.2 Å². The number of nitrogens with one attached hydrogen (secondary N) is 1. The smallest absolute Gasteiger partial charge is 0.294 e. The molecular formula is C11H14N6O2S. The third-order valence-corrected chi connectivity index (χ3v) is 3.36. The first-order chi connectivity index (χ1) is 9.51. The van der Waals surface area contributed by atoms with Gasteiger partial charge in [0.1, 0.15) is 5.69 Å². The lowest BCUT2D eigenvalue weighted by Gasteiger charge is -2.06. The minimum absolute atomic E-state index is 0.162. The van der Waals surface area contributed by atoms with Gasteiger partial charge in [0, 0.05) is 25.7 Å². The number of rotatable bonds is 4. The van der Waals surface area contributed by atoms with E-state index in [1.54, 1.807) is 36.4 Å². The highest BCUT2D eigenvalue weighted by Gasteiger charge is 2.13. The standard InChI is InChI=1S/C11H14N6O2S/c1-16(2)11(19)8-3-4-17(15-8)5-7-6-20-10(13-7)9(18)14-12/h3-4,6H,5,12H2,1-2H3,(H,14,18). The van der Waals surface area contributed by atoms with E-state index in [-0.39, 0.29) is 5.91 Å². The fourth-order valence-electron chi connectivity index (χ4n) is 1.50. The van der Waals surface area contributed by atoms with Crippen LogP contribution in [0, 0.1) is 0 Å². The van der Waals surface area contributed by atoms with Crippen molar-refractivity contribution in [1.29, 1.82) is 0 Å². The number of hydrazine groups is 1. The molecule has 0 atom stereocenters. The molecule has 0 aromatic carbocycles. The summed E-state index contributed by atoms with van der Waals surface area (Å²) in [4.78, 5) is 28.6. The number of nitrogens with zero attached hydrogens (tertiary/aromatic N) is 4. The average Bonchev–Trinajstić information content (AvgIpc) is 3.06. The van der Waals surface area contributed by atoms with Crippen LogP contribution in [0.15, 0.2) is 17.6 Å². The van der Waals surface area contributed by atoms with Crippen LogP contribution in [0.3, 0.4) is 0 Å². The quantitative estimate of drug-likeness (QED) is 0.457. The molecule has 0 radical (unpaired) electrons. The second-order valence-electron chi connectivity index (χ2n) is 4.22. The number of carbonyl (C=O) groups excluding carboxylic acids is 2. The van der Waals surface area contributed by atoms with Gasteiger partial charge in [0.05, 0.1) is 12.2 Å². The van der Waals surface area contributed by atoms with Gasteiger partial charge >= 0.3 is 0 Å². The van der Waals surface area contributed by atoms with Crippen molar-refractivity contribution in [2.24, 2.45) is 5.84 Å². The van der Waals surface area contributed by atoms with E-state index >= 15 is 0 Å². The first-order valence-corrected chi connectivity index (χ1v) is 6.59. The SMILES string of the molecule is CN(C)C(=O)c1ccn(Cc2csc(C(=O)NN)n2)n1. The molecule has 106 valence electrons. The van der Waals surface area contributed by atoms with Gasteiger partial charge in [-0.15, -0.1) is 11.3 Å². The van der Waals surface area contributed by atoms with Gasteiger partial charge in [-0.25, -0.2) is 10.8 Å². The van der Waals surface area contributed by atoms with Gasteiger partial charge in [-0.05, 0) is 6.07 Å². The molecule has 0 bridgehead atoms. The fourth-order valence-corrected chi connectivity index (χ4v) is 2.22. The summed E-state index contributed by atoms with van der Waals surface area (Å²) in [6.07, 6.45) is 1.69. The zero-order valence-electron chi connectivity index (χ0n) is 11.0. The number of hydrogen-bond donors (Lipinski definition) is 2. The van der Waals surface area contributed by atoms with Crippen LogP contribution in [0.5, 0.6) is 0 Å². The third-order valence-electron chi connectivity index (χ3n) is 2.47. The van der Waals surface area contributed by atoms with Crippen molar-refractivity contribution in [3.05, 3.63) is 34.0 Å². The lowest BCUT2D eigenvalue weighted by Crippen LogP contribution is -2.29. The summed E-state index contributed by atoms with van der Waals surface area (Å²) in [6, 6.07) is 1.64. The number of hydrogen-bond acceptors (Lipinski definition) is 6. The number of carbonyl (C=O) groups is 2. The van der Waals surface area contributed by atoms with Crippen molar-refractivity contribution in [2.45, 2.75) is 6.54 Å². The van der Waals surface area contributed by atoms with Gasteiger partial charge < -0.3 is 4.90 Å². The molecule has 0 unspecified atom stereocenters. The monoisotopic (exact) mass is 294 g/mol.